The molecule has 0 aliphatic rings. The Morgan fingerprint density at radius 1 is 0.939 bits per heavy atom. The molecule has 33 heavy (non-hydrogen) atoms. The summed E-state index contributed by atoms with van der Waals surface area (Å²) in [5.41, 5.74) is 4.46. The number of hydrogen-bond acceptors (Lipinski definition) is 5. The second-order valence-corrected chi connectivity index (χ2v) is 8.63. The van der Waals surface area contributed by atoms with Gasteiger partial charge in [-0.3, -0.25) is 0 Å². The molecule has 6 aromatic rings. The van der Waals surface area contributed by atoms with Crippen molar-refractivity contribution >= 4 is 38.7 Å². The Hall–Kier alpha value is -4.23. The van der Waals surface area contributed by atoms with Crippen molar-refractivity contribution < 1.29 is 4.42 Å². The van der Waals surface area contributed by atoms with Crippen LogP contribution in [0.3, 0.4) is 0 Å². The highest BCUT2D eigenvalue weighted by atomic mass is 32.1. The van der Waals surface area contributed by atoms with Crippen LogP contribution in [0.2, 0.25) is 0 Å². The molecule has 3 aromatic carbocycles. The van der Waals surface area contributed by atoms with E-state index in [2.05, 4.69) is 22.3 Å². The Balaban J connectivity index is 1.45. The van der Waals surface area contributed by atoms with Crippen molar-refractivity contribution in [3.63, 3.8) is 0 Å². The summed E-state index contributed by atoms with van der Waals surface area (Å²) in [6, 6.07) is 28.2. The monoisotopic (exact) mass is 449 g/mol. The van der Waals surface area contributed by atoms with Crippen molar-refractivity contribution in [1.29, 1.82) is 0 Å². The average Bonchev–Trinajstić information content (AvgIpc) is 3.55. The van der Waals surface area contributed by atoms with Crippen molar-refractivity contribution in [2.45, 2.75) is 0 Å². The van der Waals surface area contributed by atoms with E-state index in [0.29, 0.717) is 5.76 Å². The lowest BCUT2D eigenvalue weighted by Crippen LogP contribution is -2.08. The zero-order valence-corrected chi connectivity index (χ0v) is 18.6. The average molecular weight is 450 g/mol. The highest BCUT2D eigenvalue weighted by Gasteiger charge is 2.15. The number of furan rings is 1. The first-order chi connectivity index (χ1) is 16.3. The van der Waals surface area contributed by atoms with E-state index < -0.39 is 0 Å². The van der Waals surface area contributed by atoms with Gasteiger partial charge in [0, 0.05) is 24.2 Å². The normalized spacial score (nSPS) is 12.5. The first-order valence-electron chi connectivity index (χ1n) is 10.5. The number of rotatable bonds is 4. The molecule has 0 radical (unpaired) electrons. The molecule has 0 aliphatic heterocycles. The molecule has 7 heteroatoms. The molecule has 0 N–H and O–H groups in total. The van der Waals surface area contributed by atoms with E-state index in [-0.39, 0.29) is 0 Å². The van der Waals surface area contributed by atoms with Gasteiger partial charge in [0.25, 0.3) is 0 Å². The summed E-state index contributed by atoms with van der Waals surface area (Å²) in [5, 5.41) is 14.7. The van der Waals surface area contributed by atoms with Crippen LogP contribution in [0.5, 0.6) is 0 Å². The topological polar surface area (TPSA) is 60.6 Å². The van der Waals surface area contributed by atoms with Gasteiger partial charge in [0.2, 0.25) is 4.80 Å². The maximum absolute atomic E-state index is 6.10. The summed E-state index contributed by atoms with van der Waals surface area (Å²) in [4.78, 5) is 0.827. The zero-order valence-electron chi connectivity index (χ0n) is 17.8. The summed E-state index contributed by atoms with van der Waals surface area (Å²) >= 11 is 1.61. The lowest BCUT2D eigenvalue weighted by atomic mass is 10.2. The number of thiazole rings is 1. The van der Waals surface area contributed by atoms with Crippen LogP contribution in [0.1, 0.15) is 5.56 Å². The molecular weight excluding hydrogens is 430 g/mol. The van der Waals surface area contributed by atoms with E-state index in [9.17, 15) is 0 Å². The van der Waals surface area contributed by atoms with E-state index in [1.165, 1.54) is 4.70 Å². The summed E-state index contributed by atoms with van der Waals surface area (Å²) < 4.78 is 11.2. The van der Waals surface area contributed by atoms with Crippen molar-refractivity contribution in [3.8, 4) is 17.1 Å². The smallest absolute Gasteiger partial charge is 0.211 e. The lowest BCUT2D eigenvalue weighted by molar-refractivity contribution is 0.627. The molecule has 0 atom stereocenters. The van der Waals surface area contributed by atoms with E-state index in [1.807, 2.05) is 95.3 Å². The minimum atomic E-state index is 0.694. The molecule has 6 nitrogen and oxygen atoms in total. The fourth-order valence-electron chi connectivity index (χ4n) is 3.80. The van der Waals surface area contributed by atoms with Gasteiger partial charge >= 0.3 is 0 Å². The zero-order chi connectivity index (χ0) is 22.2. The molecule has 0 aliphatic carbocycles. The van der Waals surface area contributed by atoms with Crippen LogP contribution >= 0.6 is 11.3 Å². The van der Waals surface area contributed by atoms with Crippen LogP contribution in [0.25, 0.3) is 38.3 Å². The molecule has 0 unspecified atom stereocenters. The van der Waals surface area contributed by atoms with Gasteiger partial charge in [-0.1, -0.05) is 59.9 Å². The number of nitrogens with zero attached hydrogens (tertiary/aromatic N) is 5. The van der Waals surface area contributed by atoms with Crippen molar-refractivity contribution in [3.05, 3.63) is 101 Å². The van der Waals surface area contributed by atoms with Crippen LogP contribution < -0.4 is 4.80 Å². The minimum Gasteiger partial charge on any atom is -0.454 e. The molecule has 0 spiro atoms. The molecule has 0 saturated heterocycles. The molecule has 3 aromatic heterocycles. The molecule has 3 heterocycles. The highest BCUT2D eigenvalue weighted by Crippen LogP contribution is 2.29. The minimum absolute atomic E-state index is 0.694. The molecule has 160 valence electrons. The summed E-state index contributed by atoms with van der Waals surface area (Å²) in [7, 11) is 2.00. The summed E-state index contributed by atoms with van der Waals surface area (Å²) in [5.74, 6) is 0.694. The Labute approximate surface area is 193 Å². The van der Waals surface area contributed by atoms with Gasteiger partial charge in [0.05, 0.1) is 22.1 Å². The van der Waals surface area contributed by atoms with E-state index in [4.69, 9.17) is 9.52 Å². The SMILES string of the molecule is Cn1/c(=N\N=C\c2cn(-c3ccccc3)nc2-c2cc3ccccc3o2)sc2ccccc21. The van der Waals surface area contributed by atoms with Crippen LogP contribution in [0, 0.1) is 0 Å². The largest absolute Gasteiger partial charge is 0.454 e. The lowest BCUT2D eigenvalue weighted by Gasteiger charge is -1.98. The first kappa shape index (κ1) is 19.5. The van der Waals surface area contributed by atoms with Crippen LogP contribution in [-0.2, 0) is 7.05 Å². The summed E-state index contributed by atoms with van der Waals surface area (Å²) in [6.07, 6.45) is 3.68. The van der Waals surface area contributed by atoms with Gasteiger partial charge in [-0.15, -0.1) is 5.10 Å². The number of fused-ring (bicyclic) bond motifs is 2. The van der Waals surface area contributed by atoms with Crippen LogP contribution in [0.4, 0.5) is 0 Å². The Morgan fingerprint density at radius 3 is 2.58 bits per heavy atom. The highest BCUT2D eigenvalue weighted by molar-refractivity contribution is 7.16. The number of aryl methyl sites for hydroxylation is 1. The molecule has 0 amide bonds. The van der Waals surface area contributed by atoms with E-state index >= 15 is 0 Å². The Kier molecular flexibility index (Phi) is 4.74. The molecular formula is C26H19N5OS. The van der Waals surface area contributed by atoms with Crippen LogP contribution in [0.15, 0.2) is 106 Å². The number of benzene rings is 3. The van der Waals surface area contributed by atoms with E-state index in [0.717, 1.165) is 38.2 Å². The second-order valence-electron chi connectivity index (χ2n) is 7.62. The fourth-order valence-corrected chi connectivity index (χ4v) is 4.78. The third kappa shape index (κ3) is 3.58. The fraction of sp³-hybridized carbons (Fsp3) is 0.0385. The van der Waals surface area contributed by atoms with Crippen molar-refractivity contribution in [1.82, 2.24) is 14.3 Å². The predicted molar refractivity (Wildman–Crippen MR) is 133 cm³/mol. The van der Waals surface area contributed by atoms with Crippen LogP contribution in [-0.4, -0.2) is 20.6 Å². The van der Waals surface area contributed by atoms with Crippen molar-refractivity contribution in [2.24, 2.45) is 17.3 Å². The second kappa shape index (κ2) is 8.03. The molecule has 0 fully saturated rings. The quantitative estimate of drug-likeness (QED) is 0.253. The Morgan fingerprint density at radius 2 is 1.73 bits per heavy atom. The van der Waals surface area contributed by atoms with Gasteiger partial charge in [0.1, 0.15) is 11.3 Å². The standard InChI is InChI=1S/C26H19N5OS/c1-30-21-12-6-8-14-24(21)33-26(30)28-27-16-19-17-31(20-10-3-2-4-11-20)29-25(19)23-15-18-9-5-7-13-22(18)32-23/h2-17H,1H3/b27-16+,28-26+. The van der Waals surface area contributed by atoms with Gasteiger partial charge in [-0.2, -0.15) is 10.2 Å². The van der Waals surface area contributed by atoms with Gasteiger partial charge in [-0.05, 0) is 36.4 Å². The molecule has 0 saturated carbocycles. The van der Waals surface area contributed by atoms with Gasteiger partial charge < -0.3 is 8.98 Å². The third-order valence-corrected chi connectivity index (χ3v) is 6.58. The molecule has 0 bridgehead atoms. The molecule has 6 rings (SSSR count). The maximum Gasteiger partial charge on any atom is 0.211 e. The number of para-hydroxylation sites is 3. The van der Waals surface area contributed by atoms with E-state index in [1.54, 1.807) is 17.6 Å². The summed E-state index contributed by atoms with van der Waals surface area (Å²) in [6.45, 7) is 0. The van der Waals surface area contributed by atoms with Gasteiger partial charge in [0.15, 0.2) is 5.76 Å². The predicted octanol–water partition coefficient (Wildman–Crippen LogP) is 5.77. The Bertz CT molecular complexity index is 1650. The first-order valence-corrected chi connectivity index (χ1v) is 11.3. The third-order valence-electron chi connectivity index (χ3n) is 5.48. The van der Waals surface area contributed by atoms with Crippen molar-refractivity contribution in [2.75, 3.05) is 0 Å². The number of hydrogen-bond donors (Lipinski definition) is 0. The number of aromatic nitrogens is 3. The van der Waals surface area contributed by atoms with Gasteiger partial charge in [-0.25, -0.2) is 4.68 Å². The maximum atomic E-state index is 6.10.